The minimum atomic E-state index is -3.71. The molecule has 28 heavy (non-hydrogen) atoms. The minimum absolute atomic E-state index is 0. The van der Waals surface area contributed by atoms with E-state index in [2.05, 4.69) is 10.5 Å². The number of hydrogen-bond acceptors (Lipinski definition) is 4. The van der Waals surface area contributed by atoms with Crippen LogP contribution in [0.4, 0.5) is 5.69 Å². The normalized spacial score (nSPS) is 13.0. The maximum absolute atomic E-state index is 12.3. The number of sulfonamides is 1. The quantitative estimate of drug-likeness (QED) is 0.357. The fourth-order valence-electron chi connectivity index (χ4n) is 2.52. The summed E-state index contributed by atoms with van der Waals surface area (Å²) in [5, 5.41) is 18.2. The van der Waals surface area contributed by atoms with Crippen LogP contribution >= 0.6 is 0 Å². The molecule has 0 saturated carbocycles. The average molecular weight is 429 g/mol. The molecular weight excluding hydrogens is 408 g/mol. The first kappa shape index (κ1) is 23.4. The van der Waals surface area contributed by atoms with E-state index >= 15 is 0 Å². The van der Waals surface area contributed by atoms with E-state index in [-0.39, 0.29) is 30.1 Å². The van der Waals surface area contributed by atoms with Crippen molar-refractivity contribution < 1.29 is 46.4 Å². The molecule has 0 unspecified atom stereocenters. The third kappa shape index (κ3) is 6.52. The molecule has 152 valence electrons. The Hall–Kier alpha value is -2.62. The third-order valence-corrected chi connectivity index (χ3v) is 5.41. The molecule has 2 atom stereocenters. The molecule has 2 rings (SSSR count). The van der Waals surface area contributed by atoms with Gasteiger partial charge in [0, 0.05) is 12.1 Å². The Labute approximate surface area is 168 Å². The smallest absolute Gasteiger partial charge is 0.362 e. The first-order valence-corrected chi connectivity index (χ1v) is 9.63. The summed E-state index contributed by atoms with van der Waals surface area (Å²) in [6, 6.07) is 13.2. The molecule has 10 heteroatoms. The number of nitrogens with one attached hydrogen (secondary N) is 1. The number of benzene rings is 2. The van der Waals surface area contributed by atoms with Crippen LogP contribution in [0.1, 0.15) is 12.0 Å². The fraction of sp³-hybridized carbons (Fsp3) is 0.222. The molecule has 0 bridgehead atoms. The number of anilines is 1. The number of aliphatic carboxylic acids is 2. The minimum Gasteiger partial charge on any atom is -1.00 e. The van der Waals surface area contributed by atoms with Gasteiger partial charge < -0.3 is 28.4 Å². The Balaban J connectivity index is 0.00000392. The monoisotopic (exact) mass is 428 g/mol. The summed E-state index contributed by atoms with van der Waals surface area (Å²) >= 11 is 0. The predicted octanol–water partition coefficient (Wildman–Crippen LogP) is -2.18. The molecule has 0 aliphatic heterocycles. The molecule has 6 N–H and O–H groups in total. The highest BCUT2D eigenvalue weighted by Crippen LogP contribution is 2.19. The van der Waals surface area contributed by atoms with Crippen molar-refractivity contribution in [3.05, 3.63) is 60.2 Å². The van der Waals surface area contributed by atoms with Gasteiger partial charge >= 0.3 is 11.9 Å². The van der Waals surface area contributed by atoms with E-state index in [1.54, 1.807) is 30.3 Å². The Morgan fingerprint density at radius 2 is 1.54 bits per heavy atom. The van der Waals surface area contributed by atoms with Crippen molar-refractivity contribution in [1.82, 2.24) is 0 Å². The van der Waals surface area contributed by atoms with Crippen molar-refractivity contribution in [2.24, 2.45) is 5.92 Å². The van der Waals surface area contributed by atoms with Crippen LogP contribution in [0.3, 0.4) is 0 Å². The van der Waals surface area contributed by atoms with Gasteiger partial charge in [0.25, 0.3) is 10.0 Å². The lowest BCUT2D eigenvalue weighted by molar-refractivity contribution is -0.410. The highest BCUT2D eigenvalue weighted by molar-refractivity contribution is 7.92. The van der Waals surface area contributed by atoms with E-state index in [0.717, 1.165) is 0 Å². The van der Waals surface area contributed by atoms with Crippen molar-refractivity contribution in [2.45, 2.75) is 23.8 Å². The van der Waals surface area contributed by atoms with E-state index in [9.17, 15) is 23.1 Å². The van der Waals surface area contributed by atoms with Crippen molar-refractivity contribution in [2.75, 3.05) is 4.72 Å². The second kappa shape index (κ2) is 10.1. The summed E-state index contributed by atoms with van der Waals surface area (Å²) < 4.78 is 27.0. The molecule has 8 nitrogen and oxygen atoms in total. The molecule has 2 aromatic rings. The predicted molar refractivity (Wildman–Crippen MR) is 97.5 cm³/mol. The lowest BCUT2D eigenvalue weighted by Crippen LogP contribution is -3.00. The number of carbonyl (C=O) groups is 2. The van der Waals surface area contributed by atoms with Crippen LogP contribution in [0.2, 0.25) is 0 Å². The summed E-state index contributed by atoms with van der Waals surface area (Å²) in [7, 11) is -3.71. The second-order valence-electron chi connectivity index (χ2n) is 6.13. The zero-order valence-corrected chi connectivity index (χ0v) is 16.4. The zero-order valence-electron chi connectivity index (χ0n) is 14.8. The molecule has 0 aliphatic carbocycles. The standard InChI is InChI=1S/C18H20N2O6S.ClH/c19-16(18(23)24)11-13(17(21)22)10-12-6-8-14(9-7-12)20-27(25,26)15-4-2-1-3-5-15;/h1-9,13,16,20H,10-11,19H2,(H,21,22)(H,23,24);1H/t13-,16-;/m1./s1. The maximum Gasteiger partial charge on any atom is 0.362 e. The van der Waals surface area contributed by atoms with Gasteiger partial charge in [-0.2, -0.15) is 0 Å². The Kier molecular flexibility index (Phi) is 8.42. The van der Waals surface area contributed by atoms with Crippen LogP contribution in [0.5, 0.6) is 0 Å². The van der Waals surface area contributed by atoms with Gasteiger partial charge in [0.1, 0.15) is 0 Å². The lowest BCUT2D eigenvalue weighted by Gasteiger charge is -2.14. The molecule has 0 aliphatic rings. The van der Waals surface area contributed by atoms with Crippen LogP contribution in [0, 0.1) is 5.92 Å². The Morgan fingerprint density at radius 3 is 2.04 bits per heavy atom. The van der Waals surface area contributed by atoms with Crippen molar-refractivity contribution in [3.63, 3.8) is 0 Å². The molecule has 2 aromatic carbocycles. The number of carboxylic acid groups (broad SMARTS) is 2. The van der Waals surface area contributed by atoms with E-state index < -0.39 is 33.9 Å². The van der Waals surface area contributed by atoms with E-state index in [1.165, 1.54) is 24.3 Å². The van der Waals surface area contributed by atoms with E-state index in [1.807, 2.05) is 0 Å². The van der Waals surface area contributed by atoms with Gasteiger partial charge in [-0.3, -0.25) is 9.52 Å². The third-order valence-electron chi connectivity index (χ3n) is 4.01. The zero-order chi connectivity index (χ0) is 20.0. The largest absolute Gasteiger partial charge is 1.00 e. The molecule has 0 spiro atoms. The lowest BCUT2D eigenvalue weighted by atomic mass is 9.93. The topological polar surface area (TPSA) is 148 Å². The Morgan fingerprint density at radius 1 is 0.964 bits per heavy atom. The fourth-order valence-corrected chi connectivity index (χ4v) is 3.60. The first-order valence-electron chi connectivity index (χ1n) is 8.14. The van der Waals surface area contributed by atoms with Gasteiger partial charge in [0.2, 0.25) is 0 Å². The van der Waals surface area contributed by atoms with Crippen LogP contribution in [0.25, 0.3) is 0 Å². The van der Waals surface area contributed by atoms with Crippen LogP contribution in [-0.4, -0.2) is 36.6 Å². The Bertz CT molecular complexity index is 903. The van der Waals surface area contributed by atoms with Gasteiger partial charge in [-0.1, -0.05) is 30.3 Å². The first-order chi connectivity index (χ1) is 12.7. The molecule has 0 amide bonds. The van der Waals surface area contributed by atoms with Gasteiger partial charge in [-0.25, -0.2) is 13.2 Å². The summed E-state index contributed by atoms with van der Waals surface area (Å²) in [6.07, 6.45) is 0.0351. The number of halogens is 1. The molecule has 0 aromatic heterocycles. The molecule has 0 radical (unpaired) electrons. The van der Waals surface area contributed by atoms with E-state index in [4.69, 9.17) is 5.11 Å². The number of carboxylic acids is 2. The van der Waals surface area contributed by atoms with Gasteiger partial charge in [0.15, 0.2) is 6.04 Å². The maximum atomic E-state index is 12.3. The van der Waals surface area contributed by atoms with Crippen LogP contribution in [0.15, 0.2) is 59.5 Å². The molecular formula is C18H21ClN2O6S. The number of rotatable bonds is 9. The van der Waals surface area contributed by atoms with Crippen LogP contribution < -0.4 is 22.9 Å². The highest BCUT2D eigenvalue weighted by atomic mass is 35.5. The van der Waals surface area contributed by atoms with Crippen molar-refractivity contribution >= 4 is 27.6 Å². The SMILES string of the molecule is [Cl-].[NH3+][C@H](C[C@@H](Cc1ccc(NS(=O)(=O)c2ccccc2)cc1)C(=O)O)C(=O)O. The van der Waals surface area contributed by atoms with Gasteiger partial charge in [-0.05, 0) is 36.2 Å². The van der Waals surface area contributed by atoms with Gasteiger partial charge in [-0.15, -0.1) is 0 Å². The molecule has 0 saturated heterocycles. The number of quaternary nitrogens is 1. The van der Waals surface area contributed by atoms with Crippen molar-refractivity contribution in [1.29, 1.82) is 0 Å². The average Bonchev–Trinajstić information content (AvgIpc) is 2.63. The van der Waals surface area contributed by atoms with Crippen molar-refractivity contribution in [3.8, 4) is 0 Å². The molecule has 0 fully saturated rings. The van der Waals surface area contributed by atoms with E-state index in [0.29, 0.717) is 11.3 Å². The number of hydrogen-bond donors (Lipinski definition) is 4. The highest BCUT2D eigenvalue weighted by Gasteiger charge is 2.27. The summed E-state index contributed by atoms with van der Waals surface area (Å²) in [5.41, 5.74) is 4.44. The summed E-state index contributed by atoms with van der Waals surface area (Å²) in [5.74, 6) is -3.14. The molecule has 0 heterocycles. The summed E-state index contributed by atoms with van der Waals surface area (Å²) in [6.45, 7) is 0. The second-order valence-corrected chi connectivity index (χ2v) is 7.81. The van der Waals surface area contributed by atoms with Crippen LogP contribution in [-0.2, 0) is 26.0 Å². The summed E-state index contributed by atoms with van der Waals surface area (Å²) in [4.78, 5) is 22.4. The van der Waals surface area contributed by atoms with Gasteiger partial charge in [0.05, 0.1) is 10.8 Å².